The molecule has 0 rings (SSSR count). The summed E-state index contributed by atoms with van der Waals surface area (Å²) in [5, 5.41) is 21.6. The molecule has 0 fully saturated rings. The number of carboxylic acids is 1. The molecule has 8 nitrogen and oxygen atoms in total. The fraction of sp³-hybridized carbons (Fsp3) is 0.667. The normalized spacial score (nSPS) is 15.5. The first-order valence-electron chi connectivity index (χ1n) is 4.99. The van der Waals surface area contributed by atoms with Gasteiger partial charge in [-0.3, -0.25) is 14.4 Å². The molecule has 0 radical (unpaired) electrons. The molecule has 3 unspecified atom stereocenters. The Balaban J connectivity index is 4.23. The van der Waals surface area contributed by atoms with Crippen molar-refractivity contribution in [1.29, 1.82) is 0 Å². The van der Waals surface area contributed by atoms with E-state index in [0.717, 1.165) is 0 Å². The van der Waals surface area contributed by atoms with Crippen LogP contribution in [0.25, 0.3) is 0 Å². The van der Waals surface area contributed by atoms with Crippen LogP contribution in [-0.4, -0.2) is 52.7 Å². The predicted molar refractivity (Wildman–Crippen MR) is 57.9 cm³/mol. The van der Waals surface area contributed by atoms with Gasteiger partial charge < -0.3 is 26.6 Å². The average molecular weight is 247 g/mol. The Bertz CT molecular complexity index is 307. The molecule has 2 amide bonds. The molecule has 3 atom stereocenters. The topological polar surface area (TPSA) is 142 Å². The molecule has 0 heterocycles. The van der Waals surface area contributed by atoms with Crippen LogP contribution in [0.1, 0.15) is 13.8 Å². The van der Waals surface area contributed by atoms with Gasteiger partial charge in [0.25, 0.3) is 0 Å². The molecule has 0 aromatic heterocycles. The van der Waals surface area contributed by atoms with Gasteiger partial charge in [0.05, 0.1) is 6.61 Å². The number of rotatable bonds is 6. The van der Waals surface area contributed by atoms with Gasteiger partial charge >= 0.3 is 5.97 Å². The largest absolute Gasteiger partial charge is 0.480 e. The third-order valence-electron chi connectivity index (χ3n) is 2.01. The quantitative estimate of drug-likeness (QED) is 0.348. The zero-order valence-corrected chi connectivity index (χ0v) is 9.64. The van der Waals surface area contributed by atoms with Crippen molar-refractivity contribution < 1.29 is 24.6 Å². The molecule has 98 valence electrons. The summed E-state index contributed by atoms with van der Waals surface area (Å²) >= 11 is 0. The summed E-state index contributed by atoms with van der Waals surface area (Å²) in [5.74, 6) is -2.50. The summed E-state index contributed by atoms with van der Waals surface area (Å²) < 4.78 is 0. The number of carboxylic acid groups (broad SMARTS) is 1. The van der Waals surface area contributed by atoms with Gasteiger partial charge in [-0.25, -0.2) is 0 Å². The van der Waals surface area contributed by atoms with Crippen molar-refractivity contribution in [1.82, 2.24) is 10.6 Å². The van der Waals surface area contributed by atoms with Crippen molar-refractivity contribution in [3.8, 4) is 0 Å². The number of amides is 2. The van der Waals surface area contributed by atoms with Gasteiger partial charge in [0.1, 0.15) is 18.1 Å². The van der Waals surface area contributed by atoms with Crippen molar-refractivity contribution in [2.24, 2.45) is 5.73 Å². The molecule has 0 aromatic carbocycles. The van der Waals surface area contributed by atoms with E-state index < -0.39 is 42.5 Å². The third-order valence-corrected chi connectivity index (χ3v) is 2.01. The predicted octanol–water partition coefficient (Wildman–Crippen LogP) is -2.60. The molecule has 6 N–H and O–H groups in total. The second kappa shape index (κ2) is 6.81. The molecular weight excluding hydrogens is 230 g/mol. The molecule has 8 heteroatoms. The van der Waals surface area contributed by atoms with Crippen molar-refractivity contribution in [2.45, 2.75) is 32.0 Å². The summed E-state index contributed by atoms with van der Waals surface area (Å²) in [5.41, 5.74) is 5.23. The minimum absolute atomic E-state index is 0.536. The summed E-state index contributed by atoms with van der Waals surface area (Å²) in [7, 11) is 0. The maximum atomic E-state index is 11.4. The highest BCUT2D eigenvalue weighted by molar-refractivity contribution is 5.91. The minimum atomic E-state index is -1.18. The number of hydrogen-bond acceptors (Lipinski definition) is 5. The highest BCUT2D eigenvalue weighted by Crippen LogP contribution is 1.88. The molecule has 0 aliphatic heterocycles. The van der Waals surface area contributed by atoms with Crippen LogP contribution in [0.4, 0.5) is 0 Å². The monoisotopic (exact) mass is 247 g/mol. The number of aliphatic hydroxyl groups is 1. The molecule has 0 aromatic rings. The lowest BCUT2D eigenvalue weighted by molar-refractivity contribution is -0.141. The zero-order chi connectivity index (χ0) is 13.6. The Morgan fingerprint density at radius 1 is 1.12 bits per heavy atom. The molecule has 0 bridgehead atoms. The number of aliphatic carboxylic acids is 1. The maximum absolute atomic E-state index is 11.4. The van der Waals surface area contributed by atoms with E-state index in [-0.39, 0.29) is 0 Å². The van der Waals surface area contributed by atoms with Crippen LogP contribution in [0, 0.1) is 0 Å². The van der Waals surface area contributed by atoms with Crippen LogP contribution in [0.3, 0.4) is 0 Å². The molecule has 0 aliphatic rings. The number of hydrogen-bond donors (Lipinski definition) is 5. The van der Waals surface area contributed by atoms with Gasteiger partial charge in [0.2, 0.25) is 11.8 Å². The Kier molecular flexibility index (Phi) is 6.15. The minimum Gasteiger partial charge on any atom is -0.480 e. The fourth-order valence-electron chi connectivity index (χ4n) is 0.869. The smallest absolute Gasteiger partial charge is 0.325 e. The lowest BCUT2D eigenvalue weighted by Crippen LogP contribution is -2.53. The lowest BCUT2D eigenvalue weighted by atomic mass is 10.2. The van der Waals surface area contributed by atoms with Crippen LogP contribution < -0.4 is 16.4 Å². The van der Waals surface area contributed by atoms with Gasteiger partial charge in [-0.15, -0.1) is 0 Å². The van der Waals surface area contributed by atoms with E-state index in [2.05, 4.69) is 10.6 Å². The van der Waals surface area contributed by atoms with Crippen LogP contribution in [0.15, 0.2) is 0 Å². The molecule has 0 saturated carbocycles. The molecule has 0 spiro atoms. The van der Waals surface area contributed by atoms with E-state index >= 15 is 0 Å². The maximum Gasteiger partial charge on any atom is 0.325 e. The standard InChI is InChI=1S/C9H17N3O5/c1-4(11-8(15)6(10)3-13)7(14)12-5(2)9(16)17/h4-6,13H,3,10H2,1-2H3,(H,11,15)(H,12,14)(H,16,17). The van der Waals surface area contributed by atoms with Gasteiger partial charge in [0.15, 0.2) is 0 Å². The molecule has 0 saturated heterocycles. The first-order chi connectivity index (χ1) is 7.79. The molecule has 17 heavy (non-hydrogen) atoms. The first-order valence-corrected chi connectivity index (χ1v) is 4.99. The Labute approximate surface area is 98.2 Å². The Hall–Kier alpha value is -1.67. The zero-order valence-electron chi connectivity index (χ0n) is 9.64. The second-order valence-electron chi connectivity index (χ2n) is 3.59. The van der Waals surface area contributed by atoms with Crippen LogP contribution in [-0.2, 0) is 14.4 Å². The van der Waals surface area contributed by atoms with Gasteiger partial charge in [-0.2, -0.15) is 0 Å². The highest BCUT2D eigenvalue weighted by Gasteiger charge is 2.22. The first kappa shape index (κ1) is 15.3. The van der Waals surface area contributed by atoms with Crippen LogP contribution >= 0.6 is 0 Å². The Morgan fingerprint density at radius 2 is 1.59 bits per heavy atom. The second-order valence-corrected chi connectivity index (χ2v) is 3.59. The van der Waals surface area contributed by atoms with E-state index in [0.29, 0.717) is 0 Å². The van der Waals surface area contributed by atoms with E-state index in [1.165, 1.54) is 13.8 Å². The fourth-order valence-corrected chi connectivity index (χ4v) is 0.869. The summed E-state index contributed by atoms with van der Waals surface area (Å²) in [6, 6.07) is -3.09. The van der Waals surface area contributed by atoms with E-state index in [4.69, 9.17) is 15.9 Å². The highest BCUT2D eigenvalue weighted by atomic mass is 16.4. The van der Waals surface area contributed by atoms with E-state index in [1.807, 2.05) is 0 Å². The van der Waals surface area contributed by atoms with Crippen LogP contribution in [0.5, 0.6) is 0 Å². The van der Waals surface area contributed by atoms with Gasteiger partial charge in [0, 0.05) is 0 Å². The average Bonchev–Trinajstić information content (AvgIpc) is 2.27. The Morgan fingerprint density at radius 3 is 2.00 bits per heavy atom. The third kappa shape index (κ3) is 5.27. The number of carbonyl (C=O) groups excluding carboxylic acids is 2. The number of carbonyl (C=O) groups is 3. The van der Waals surface area contributed by atoms with Crippen molar-refractivity contribution in [3.05, 3.63) is 0 Å². The van der Waals surface area contributed by atoms with Gasteiger partial charge in [-0.1, -0.05) is 0 Å². The summed E-state index contributed by atoms with van der Waals surface area (Å²) in [6.45, 7) is 2.14. The summed E-state index contributed by atoms with van der Waals surface area (Å²) in [6.07, 6.45) is 0. The molecule has 0 aliphatic carbocycles. The van der Waals surface area contributed by atoms with Crippen molar-refractivity contribution in [2.75, 3.05) is 6.61 Å². The van der Waals surface area contributed by atoms with Gasteiger partial charge in [-0.05, 0) is 13.8 Å². The van der Waals surface area contributed by atoms with E-state index in [9.17, 15) is 14.4 Å². The van der Waals surface area contributed by atoms with Crippen molar-refractivity contribution in [3.63, 3.8) is 0 Å². The van der Waals surface area contributed by atoms with Crippen LogP contribution in [0.2, 0.25) is 0 Å². The SMILES string of the molecule is CC(NC(=O)C(C)NC(=O)C(N)CO)C(=O)O. The lowest BCUT2D eigenvalue weighted by Gasteiger charge is -2.17. The number of aliphatic hydroxyl groups excluding tert-OH is 1. The van der Waals surface area contributed by atoms with Crippen molar-refractivity contribution >= 4 is 17.8 Å². The number of nitrogens with two attached hydrogens (primary N) is 1. The molecular formula is C9H17N3O5. The number of nitrogens with one attached hydrogen (secondary N) is 2. The summed E-state index contributed by atoms with van der Waals surface area (Å²) in [4.78, 5) is 33.1. The van der Waals surface area contributed by atoms with E-state index in [1.54, 1.807) is 0 Å².